The van der Waals surface area contributed by atoms with E-state index in [0.29, 0.717) is 17.5 Å². The Morgan fingerprint density at radius 3 is 1.18 bits per heavy atom. The Labute approximate surface area is 190 Å². The second kappa shape index (κ2) is 8.52. The van der Waals surface area contributed by atoms with E-state index in [1.165, 1.54) is 7.14 Å². The Bertz CT molecular complexity index is 1030. The van der Waals surface area contributed by atoms with Crippen molar-refractivity contribution in [2.75, 3.05) is 7.11 Å². The minimum Gasteiger partial charge on any atom is -0.497 e. The molecule has 0 amide bonds. The van der Waals surface area contributed by atoms with Crippen molar-refractivity contribution in [3.05, 3.63) is 79.9 Å². The predicted molar refractivity (Wildman–Crippen MR) is 128 cm³/mol. The molecule has 138 valence electrons. The molecular formula is C22H15I2N3O. The Balaban J connectivity index is 1.86. The van der Waals surface area contributed by atoms with Gasteiger partial charge in [0.15, 0.2) is 17.5 Å². The molecule has 0 aliphatic rings. The third kappa shape index (κ3) is 4.33. The molecular weight excluding hydrogens is 576 g/mol. The normalized spacial score (nSPS) is 10.7. The lowest BCUT2D eigenvalue weighted by molar-refractivity contribution is 0.415. The molecule has 0 spiro atoms. The average molecular weight is 591 g/mol. The Morgan fingerprint density at radius 2 is 0.857 bits per heavy atom. The van der Waals surface area contributed by atoms with E-state index in [-0.39, 0.29) is 0 Å². The number of nitrogens with zero attached hydrogens (tertiary/aromatic N) is 3. The number of halogens is 2. The third-order valence-corrected chi connectivity index (χ3v) is 5.63. The maximum Gasteiger partial charge on any atom is 0.164 e. The summed E-state index contributed by atoms with van der Waals surface area (Å²) in [7, 11) is 1.65. The van der Waals surface area contributed by atoms with Gasteiger partial charge >= 0.3 is 0 Å². The highest BCUT2D eigenvalue weighted by molar-refractivity contribution is 14.1. The van der Waals surface area contributed by atoms with Crippen LogP contribution < -0.4 is 4.74 Å². The quantitative estimate of drug-likeness (QED) is 0.270. The monoisotopic (exact) mass is 591 g/mol. The molecule has 4 rings (SSSR count). The lowest BCUT2D eigenvalue weighted by atomic mass is 10.1. The first-order chi connectivity index (χ1) is 13.6. The van der Waals surface area contributed by atoms with E-state index in [1.54, 1.807) is 7.11 Å². The van der Waals surface area contributed by atoms with Crippen LogP contribution in [-0.4, -0.2) is 22.1 Å². The molecule has 3 aromatic carbocycles. The molecule has 0 aliphatic heterocycles. The molecule has 6 heteroatoms. The molecule has 0 bridgehead atoms. The van der Waals surface area contributed by atoms with Gasteiger partial charge < -0.3 is 4.74 Å². The van der Waals surface area contributed by atoms with Crippen LogP contribution in [0, 0.1) is 7.14 Å². The van der Waals surface area contributed by atoms with Crippen LogP contribution in [0.1, 0.15) is 0 Å². The summed E-state index contributed by atoms with van der Waals surface area (Å²) in [6.45, 7) is 0. The fraction of sp³-hybridized carbons (Fsp3) is 0.0455. The minimum absolute atomic E-state index is 0.639. The number of aromatic nitrogens is 3. The number of methoxy groups -OCH3 is 1. The first-order valence-electron chi connectivity index (χ1n) is 8.55. The first-order valence-corrected chi connectivity index (χ1v) is 10.7. The third-order valence-electron chi connectivity index (χ3n) is 4.19. The zero-order valence-corrected chi connectivity index (χ0v) is 19.2. The van der Waals surface area contributed by atoms with Gasteiger partial charge in [-0.25, -0.2) is 15.0 Å². The van der Waals surface area contributed by atoms with Crippen LogP contribution in [0.25, 0.3) is 34.2 Å². The molecule has 0 radical (unpaired) electrons. The molecule has 0 saturated carbocycles. The van der Waals surface area contributed by atoms with Crippen molar-refractivity contribution < 1.29 is 4.74 Å². The largest absolute Gasteiger partial charge is 0.497 e. The van der Waals surface area contributed by atoms with E-state index in [9.17, 15) is 0 Å². The van der Waals surface area contributed by atoms with E-state index in [1.807, 2.05) is 48.5 Å². The zero-order valence-electron chi connectivity index (χ0n) is 14.9. The SMILES string of the molecule is COc1ccc(-c2nc(-c3ccc(I)cc3)nc(-c3ccc(I)cc3)n2)cc1. The van der Waals surface area contributed by atoms with Crippen molar-refractivity contribution in [1.29, 1.82) is 0 Å². The second-order valence-corrected chi connectivity index (χ2v) is 8.54. The van der Waals surface area contributed by atoms with Crippen molar-refractivity contribution in [3.63, 3.8) is 0 Å². The topological polar surface area (TPSA) is 47.9 Å². The van der Waals surface area contributed by atoms with Gasteiger partial charge in [0.2, 0.25) is 0 Å². The smallest absolute Gasteiger partial charge is 0.164 e. The Hall–Kier alpha value is -2.07. The Morgan fingerprint density at radius 1 is 0.536 bits per heavy atom. The predicted octanol–water partition coefficient (Wildman–Crippen LogP) is 6.09. The maximum absolute atomic E-state index is 5.26. The van der Waals surface area contributed by atoms with Gasteiger partial charge in [-0.2, -0.15) is 0 Å². The summed E-state index contributed by atoms with van der Waals surface area (Å²) in [5, 5.41) is 0. The van der Waals surface area contributed by atoms with Crippen LogP contribution in [0.4, 0.5) is 0 Å². The fourth-order valence-corrected chi connectivity index (χ4v) is 3.42. The fourth-order valence-electron chi connectivity index (χ4n) is 2.70. The van der Waals surface area contributed by atoms with Gasteiger partial charge in [-0.15, -0.1) is 0 Å². The highest BCUT2D eigenvalue weighted by Gasteiger charge is 2.12. The van der Waals surface area contributed by atoms with Crippen molar-refractivity contribution in [2.45, 2.75) is 0 Å². The molecule has 4 nitrogen and oxygen atoms in total. The highest BCUT2D eigenvalue weighted by Crippen LogP contribution is 2.26. The van der Waals surface area contributed by atoms with Crippen LogP contribution in [0.2, 0.25) is 0 Å². The van der Waals surface area contributed by atoms with Gasteiger partial charge in [0.1, 0.15) is 5.75 Å². The summed E-state index contributed by atoms with van der Waals surface area (Å²) in [6, 6.07) is 24.1. The number of ether oxygens (including phenoxy) is 1. The molecule has 0 unspecified atom stereocenters. The summed E-state index contributed by atoms with van der Waals surface area (Å²) in [4.78, 5) is 14.2. The molecule has 0 fully saturated rings. The molecule has 28 heavy (non-hydrogen) atoms. The van der Waals surface area contributed by atoms with Gasteiger partial charge in [-0.3, -0.25) is 0 Å². The van der Waals surface area contributed by atoms with E-state index >= 15 is 0 Å². The number of benzene rings is 3. The van der Waals surface area contributed by atoms with Crippen molar-refractivity contribution in [3.8, 4) is 39.9 Å². The second-order valence-electron chi connectivity index (χ2n) is 6.05. The molecule has 1 heterocycles. The van der Waals surface area contributed by atoms with Gasteiger partial charge in [-0.05, 0) is 93.7 Å². The van der Waals surface area contributed by atoms with Crippen molar-refractivity contribution >= 4 is 45.2 Å². The van der Waals surface area contributed by atoms with Gasteiger partial charge in [0.05, 0.1) is 7.11 Å². The number of hydrogen-bond donors (Lipinski definition) is 0. The minimum atomic E-state index is 0.639. The number of rotatable bonds is 4. The molecule has 0 N–H and O–H groups in total. The van der Waals surface area contributed by atoms with E-state index in [4.69, 9.17) is 19.7 Å². The molecule has 0 atom stereocenters. The van der Waals surface area contributed by atoms with Crippen LogP contribution in [0.5, 0.6) is 5.75 Å². The van der Waals surface area contributed by atoms with Gasteiger partial charge in [0.25, 0.3) is 0 Å². The van der Waals surface area contributed by atoms with Gasteiger partial charge in [0, 0.05) is 23.8 Å². The summed E-state index contributed by atoms with van der Waals surface area (Å²) < 4.78 is 7.60. The lowest BCUT2D eigenvalue weighted by Crippen LogP contribution is -2.00. The average Bonchev–Trinajstić information content (AvgIpc) is 2.74. The maximum atomic E-state index is 5.26. The van der Waals surface area contributed by atoms with Crippen LogP contribution in [-0.2, 0) is 0 Å². The van der Waals surface area contributed by atoms with Crippen LogP contribution in [0.15, 0.2) is 72.8 Å². The summed E-state index contributed by atoms with van der Waals surface area (Å²) >= 11 is 4.58. The number of hydrogen-bond acceptors (Lipinski definition) is 4. The lowest BCUT2D eigenvalue weighted by Gasteiger charge is -2.09. The van der Waals surface area contributed by atoms with Crippen LogP contribution in [0.3, 0.4) is 0 Å². The first kappa shape index (κ1) is 19.3. The van der Waals surface area contributed by atoms with Crippen molar-refractivity contribution in [1.82, 2.24) is 15.0 Å². The summed E-state index contributed by atoms with van der Waals surface area (Å²) in [6.07, 6.45) is 0. The summed E-state index contributed by atoms with van der Waals surface area (Å²) in [5.74, 6) is 2.75. The van der Waals surface area contributed by atoms with Crippen LogP contribution >= 0.6 is 45.2 Å². The van der Waals surface area contributed by atoms with E-state index < -0.39 is 0 Å². The standard InChI is InChI=1S/C22H15I2N3O/c1-28-19-12-6-16(7-13-19)22-26-20(14-2-8-17(23)9-3-14)25-21(27-22)15-4-10-18(24)11-5-15/h2-13H,1H3. The molecule has 0 saturated heterocycles. The molecule has 1 aromatic heterocycles. The molecule has 0 aliphatic carbocycles. The van der Waals surface area contributed by atoms with E-state index in [2.05, 4.69) is 69.4 Å². The van der Waals surface area contributed by atoms with E-state index in [0.717, 1.165) is 22.4 Å². The Kier molecular flexibility index (Phi) is 5.86. The molecule has 4 aromatic rings. The zero-order chi connectivity index (χ0) is 19.5. The van der Waals surface area contributed by atoms with Crippen molar-refractivity contribution in [2.24, 2.45) is 0 Å². The highest BCUT2D eigenvalue weighted by atomic mass is 127. The summed E-state index contributed by atoms with van der Waals surface area (Å²) in [5.41, 5.74) is 2.84. The van der Waals surface area contributed by atoms with Gasteiger partial charge in [-0.1, -0.05) is 24.3 Å².